The second-order valence-corrected chi connectivity index (χ2v) is 4.61. The summed E-state index contributed by atoms with van der Waals surface area (Å²) < 4.78 is 3.70. The molecular formula is C9H14N4OS. The lowest BCUT2D eigenvalue weighted by atomic mass is 9.92. The summed E-state index contributed by atoms with van der Waals surface area (Å²) in [5.74, 6) is 0.410. The first-order valence-corrected chi connectivity index (χ1v) is 5.86. The van der Waals surface area contributed by atoms with Crippen molar-refractivity contribution in [1.82, 2.24) is 14.9 Å². The topological polar surface area (TPSA) is 66.9 Å². The van der Waals surface area contributed by atoms with Crippen molar-refractivity contribution >= 4 is 22.4 Å². The molecule has 1 aromatic heterocycles. The molecule has 0 saturated carbocycles. The van der Waals surface area contributed by atoms with Crippen LogP contribution in [-0.2, 0) is 4.79 Å². The van der Waals surface area contributed by atoms with Crippen molar-refractivity contribution in [3.8, 4) is 0 Å². The van der Waals surface area contributed by atoms with Crippen molar-refractivity contribution in [3.05, 3.63) is 6.20 Å². The van der Waals surface area contributed by atoms with Gasteiger partial charge < -0.3 is 10.6 Å². The molecule has 2 heterocycles. The maximum atomic E-state index is 11.9. The molecule has 5 nitrogen and oxygen atoms in total. The van der Waals surface area contributed by atoms with Crippen molar-refractivity contribution in [1.29, 1.82) is 0 Å². The molecule has 0 spiro atoms. The van der Waals surface area contributed by atoms with Gasteiger partial charge in [-0.1, -0.05) is 11.4 Å². The summed E-state index contributed by atoms with van der Waals surface area (Å²) in [6.07, 6.45) is 3.81. The molecule has 1 fully saturated rings. The summed E-state index contributed by atoms with van der Waals surface area (Å²) in [5, 5.41) is 10.4. The van der Waals surface area contributed by atoms with Crippen LogP contribution in [-0.4, -0.2) is 28.1 Å². The lowest BCUT2D eigenvalue weighted by Gasteiger charge is -2.28. The van der Waals surface area contributed by atoms with Gasteiger partial charge in [0.05, 0.1) is 12.2 Å². The zero-order chi connectivity index (χ0) is 10.7. The predicted octanol–water partition coefficient (Wildman–Crippen LogP) is 0.865. The highest BCUT2D eigenvalue weighted by atomic mass is 32.1. The Balaban J connectivity index is 1.95. The molecule has 1 saturated heterocycles. The SMILES string of the molecule is CC1CCCNC1C(=O)Nc1cnns1. The van der Waals surface area contributed by atoms with E-state index in [1.807, 2.05) is 0 Å². The van der Waals surface area contributed by atoms with Crippen molar-refractivity contribution in [2.45, 2.75) is 25.8 Å². The van der Waals surface area contributed by atoms with E-state index in [1.165, 1.54) is 11.5 Å². The van der Waals surface area contributed by atoms with Gasteiger partial charge in [0.15, 0.2) is 0 Å². The molecule has 2 unspecified atom stereocenters. The molecule has 0 bridgehead atoms. The van der Waals surface area contributed by atoms with E-state index in [1.54, 1.807) is 6.20 Å². The van der Waals surface area contributed by atoms with Gasteiger partial charge in [0, 0.05) is 11.5 Å². The first kappa shape index (κ1) is 10.5. The Kier molecular flexibility index (Phi) is 3.27. The van der Waals surface area contributed by atoms with Crippen LogP contribution in [0.4, 0.5) is 5.00 Å². The van der Waals surface area contributed by atoms with Gasteiger partial charge in [0.1, 0.15) is 5.00 Å². The zero-order valence-corrected chi connectivity index (χ0v) is 9.38. The number of hydrogen-bond acceptors (Lipinski definition) is 5. The Bertz CT molecular complexity index is 327. The average Bonchev–Trinajstić information content (AvgIpc) is 2.71. The number of piperidine rings is 1. The summed E-state index contributed by atoms with van der Waals surface area (Å²) in [4.78, 5) is 11.9. The van der Waals surface area contributed by atoms with Crippen LogP contribution in [0, 0.1) is 5.92 Å². The first-order valence-electron chi connectivity index (χ1n) is 5.09. The largest absolute Gasteiger partial charge is 0.314 e. The van der Waals surface area contributed by atoms with Crippen LogP contribution in [0.25, 0.3) is 0 Å². The lowest BCUT2D eigenvalue weighted by Crippen LogP contribution is -2.48. The predicted molar refractivity (Wildman–Crippen MR) is 58.7 cm³/mol. The standard InChI is InChI=1S/C9H14N4OS/c1-6-3-2-4-10-8(6)9(14)12-7-5-11-13-15-7/h5-6,8,10H,2-4H2,1H3,(H,12,14). The number of anilines is 1. The van der Waals surface area contributed by atoms with Gasteiger partial charge in [-0.3, -0.25) is 4.79 Å². The van der Waals surface area contributed by atoms with Crippen LogP contribution >= 0.6 is 11.5 Å². The Morgan fingerprint density at radius 2 is 2.60 bits per heavy atom. The highest BCUT2D eigenvalue weighted by molar-refractivity contribution is 7.10. The van der Waals surface area contributed by atoms with Gasteiger partial charge in [-0.25, -0.2) is 0 Å². The Morgan fingerprint density at radius 1 is 1.73 bits per heavy atom. The fourth-order valence-corrected chi connectivity index (χ4v) is 2.24. The molecule has 6 heteroatoms. The molecule has 15 heavy (non-hydrogen) atoms. The van der Waals surface area contributed by atoms with E-state index in [0.29, 0.717) is 10.9 Å². The number of nitrogens with zero attached hydrogens (tertiary/aromatic N) is 2. The second-order valence-electron chi connectivity index (χ2n) is 3.82. The molecule has 1 amide bonds. The van der Waals surface area contributed by atoms with Crippen LogP contribution in [0.3, 0.4) is 0 Å². The highest BCUT2D eigenvalue weighted by Crippen LogP contribution is 2.18. The minimum absolute atomic E-state index is 0.0215. The minimum Gasteiger partial charge on any atom is -0.314 e. The molecule has 82 valence electrons. The number of aromatic nitrogens is 2. The number of carbonyl (C=O) groups excluding carboxylic acids is 1. The second kappa shape index (κ2) is 4.67. The van der Waals surface area contributed by atoms with Crippen LogP contribution in [0.15, 0.2) is 6.20 Å². The maximum absolute atomic E-state index is 11.9. The molecule has 0 aliphatic carbocycles. The van der Waals surface area contributed by atoms with E-state index in [0.717, 1.165) is 19.4 Å². The normalized spacial score (nSPS) is 26.2. The van der Waals surface area contributed by atoms with Crippen LogP contribution < -0.4 is 10.6 Å². The molecule has 2 N–H and O–H groups in total. The first-order chi connectivity index (χ1) is 7.27. The number of hydrogen-bond donors (Lipinski definition) is 2. The van der Waals surface area contributed by atoms with E-state index in [2.05, 4.69) is 27.1 Å². The molecule has 2 rings (SSSR count). The third kappa shape index (κ3) is 2.51. The minimum atomic E-state index is -0.0825. The molecule has 0 radical (unpaired) electrons. The summed E-state index contributed by atoms with van der Waals surface area (Å²) in [6.45, 7) is 3.02. The monoisotopic (exact) mass is 226 g/mol. The van der Waals surface area contributed by atoms with Crippen molar-refractivity contribution in [2.75, 3.05) is 11.9 Å². The fourth-order valence-electron chi connectivity index (χ4n) is 1.82. The molecule has 1 aromatic rings. The van der Waals surface area contributed by atoms with Crippen molar-refractivity contribution < 1.29 is 4.79 Å². The smallest absolute Gasteiger partial charge is 0.242 e. The molecule has 1 aliphatic rings. The van der Waals surface area contributed by atoms with E-state index < -0.39 is 0 Å². The zero-order valence-electron chi connectivity index (χ0n) is 8.56. The van der Waals surface area contributed by atoms with Crippen LogP contribution in [0.2, 0.25) is 0 Å². The van der Waals surface area contributed by atoms with Gasteiger partial charge in [0.25, 0.3) is 0 Å². The molecule has 1 aliphatic heterocycles. The summed E-state index contributed by atoms with van der Waals surface area (Å²) in [7, 11) is 0. The number of amides is 1. The van der Waals surface area contributed by atoms with E-state index in [9.17, 15) is 4.79 Å². The van der Waals surface area contributed by atoms with E-state index >= 15 is 0 Å². The van der Waals surface area contributed by atoms with Gasteiger partial charge >= 0.3 is 0 Å². The van der Waals surface area contributed by atoms with E-state index in [-0.39, 0.29) is 11.9 Å². The van der Waals surface area contributed by atoms with E-state index in [4.69, 9.17) is 0 Å². The number of carbonyl (C=O) groups is 1. The average molecular weight is 226 g/mol. The van der Waals surface area contributed by atoms with Gasteiger partial charge in [-0.2, -0.15) is 0 Å². The summed E-state index contributed by atoms with van der Waals surface area (Å²) in [6, 6.07) is -0.0825. The molecule has 0 aromatic carbocycles. The fraction of sp³-hybridized carbons (Fsp3) is 0.667. The Hall–Kier alpha value is -1.01. The maximum Gasteiger partial charge on any atom is 0.242 e. The third-order valence-corrected chi connectivity index (χ3v) is 3.24. The van der Waals surface area contributed by atoms with Crippen molar-refractivity contribution in [2.24, 2.45) is 5.92 Å². The highest BCUT2D eigenvalue weighted by Gasteiger charge is 2.27. The van der Waals surface area contributed by atoms with Gasteiger partial charge in [-0.05, 0) is 25.3 Å². The number of nitrogens with one attached hydrogen (secondary N) is 2. The summed E-state index contributed by atoms with van der Waals surface area (Å²) in [5.41, 5.74) is 0. The van der Waals surface area contributed by atoms with Gasteiger partial charge in [0.2, 0.25) is 5.91 Å². The lowest BCUT2D eigenvalue weighted by molar-refractivity contribution is -0.119. The summed E-state index contributed by atoms with van der Waals surface area (Å²) >= 11 is 1.20. The third-order valence-electron chi connectivity index (χ3n) is 2.66. The quantitative estimate of drug-likeness (QED) is 0.785. The Morgan fingerprint density at radius 3 is 3.27 bits per heavy atom. The van der Waals surface area contributed by atoms with Crippen molar-refractivity contribution in [3.63, 3.8) is 0 Å². The number of rotatable bonds is 2. The molecular weight excluding hydrogens is 212 g/mol. The van der Waals surface area contributed by atoms with Crippen LogP contribution in [0.1, 0.15) is 19.8 Å². The molecule has 2 atom stereocenters. The Labute approximate surface area is 92.4 Å². The van der Waals surface area contributed by atoms with Crippen LogP contribution in [0.5, 0.6) is 0 Å². The van der Waals surface area contributed by atoms with Gasteiger partial charge in [-0.15, -0.1) is 5.10 Å².